The zero-order chi connectivity index (χ0) is 55.6. The fraction of sp³-hybridized carbons (Fsp3) is 0.604. The molecule has 0 unspecified atom stereocenters. The average Bonchev–Trinajstić information content (AvgIpc) is 4.27. The van der Waals surface area contributed by atoms with E-state index in [-0.39, 0.29) is 59.5 Å². The highest BCUT2D eigenvalue weighted by Crippen LogP contribution is 2.49. The van der Waals surface area contributed by atoms with Crippen molar-refractivity contribution in [1.82, 2.24) is 54.4 Å². The Labute approximate surface area is 492 Å². The molecule has 2 atom stereocenters. The number of hydrogen-bond donors (Lipinski definition) is 4. The minimum atomic E-state index is -0.590. The standard InChI is InChI=1S/C20H29BrN6O2.C20H24Cl2N8.C11H15BCl2N2O2.2CH4/c1-13-15(21)16-25-22-12-27(16)17(23-13)26-10-8-20(9-11-26)7-5-6-14(20)24-18(28)29-19(2,3)4;1-11-14(12-9-25-17(24)16(22)15(12)21)18-28-26-10-30(18)19(27-11)29-7-5-20(6-8-29)4-2-3-13(20)23;1-10(2)11(3,4)18-12(17-10)6-5-16-9(15)8(14)7(6)13;;/h12,14H,5-11H2,1-4H3,(H,24,28);9-10,13H,2-8,23H2,1H3,(H2,24,25);5H,1-4H3,(H2,15,16);2*1H4/t14-;13-;;;/m11.../s1. The molecule has 6 aromatic heterocycles. The molecule has 20 nitrogen and oxygen atoms in total. The molecule has 11 rings (SSSR count). The number of nitrogens with two attached hydrogens (primary N) is 3. The van der Waals surface area contributed by atoms with Crippen molar-refractivity contribution in [3.05, 3.63) is 61.0 Å². The van der Waals surface area contributed by atoms with Gasteiger partial charge in [0.15, 0.2) is 11.3 Å². The number of piperidine rings is 2. The summed E-state index contributed by atoms with van der Waals surface area (Å²) in [4.78, 5) is 34.8. The molecule has 0 aromatic carbocycles. The highest BCUT2D eigenvalue weighted by molar-refractivity contribution is 9.10. The van der Waals surface area contributed by atoms with Crippen LogP contribution in [0.5, 0.6) is 0 Å². The fourth-order valence-corrected chi connectivity index (χ4v) is 12.6. The van der Waals surface area contributed by atoms with E-state index < -0.39 is 23.9 Å². The van der Waals surface area contributed by atoms with Crippen LogP contribution in [0.15, 0.2) is 29.5 Å². The number of nitrogen functional groups attached to an aromatic ring is 2. The zero-order valence-corrected chi connectivity index (χ0v) is 49.7. The molecule has 7 N–H and O–H groups in total. The quantitative estimate of drug-likeness (QED) is 0.117. The number of rotatable bonds is 5. The van der Waals surface area contributed by atoms with Crippen LogP contribution in [0.2, 0.25) is 20.1 Å². The van der Waals surface area contributed by atoms with Gasteiger partial charge in [-0.1, -0.05) is 74.1 Å². The minimum Gasteiger partial charge on any atom is -0.444 e. The predicted octanol–water partition coefficient (Wildman–Crippen LogP) is 10.9. The Bertz CT molecular complexity index is 3160. The smallest absolute Gasteiger partial charge is 0.444 e. The second-order valence-electron chi connectivity index (χ2n) is 23.0. The fourth-order valence-electron chi connectivity index (χ4n) is 11.5. The summed E-state index contributed by atoms with van der Waals surface area (Å²) in [6, 6.07) is 0.491. The SMILES string of the molecule is C.C.CC1(C)OB(c2cnc(N)c(Cl)c2Cl)OC1(C)C.Cc1nc(N2CCC3(CCC[C@H]3N)CC2)n2cnnc2c1-c1cnc(N)c(Cl)c1Cl.Cc1nc(N2CCC3(CCC[C@H]3NC(=O)OC(C)(C)C)CC2)n2cnnc2c1Br. The molecule has 9 heterocycles. The third-order valence-corrected chi connectivity index (χ3v) is 19.3. The number of halogens is 5. The van der Waals surface area contributed by atoms with Gasteiger partial charge in [0.2, 0.25) is 11.9 Å². The first-order valence-electron chi connectivity index (χ1n) is 26.1. The van der Waals surface area contributed by atoms with Gasteiger partial charge in [-0.2, -0.15) is 0 Å². The number of carbonyl (C=O) groups excluding carboxylic acids is 1. The Morgan fingerprint density at radius 2 is 1.23 bits per heavy atom. The van der Waals surface area contributed by atoms with E-state index in [0.29, 0.717) is 32.8 Å². The maximum absolute atomic E-state index is 12.3. The lowest BCUT2D eigenvalue weighted by Crippen LogP contribution is -2.51. The Kier molecular flexibility index (Phi) is 18.6. The molecule has 79 heavy (non-hydrogen) atoms. The molecule has 1 amide bonds. The first-order valence-corrected chi connectivity index (χ1v) is 28.4. The van der Waals surface area contributed by atoms with Gasteiger partial charge in [-0.15, -0.1) is 20.4 Å². The van der Waals surface area contributed by atoms with Crippen LogP contribution in [-0.2, 0) is 14.0 Å². The predicted molar refractivity (Wildman–Crippen MR) is 321 cm³/mol. The van der Waals surface area contributed by atoms with E-state index in [1.54, 1.807) is 18.9 Å². The first-order chi connectivity index (χ1) is 36.2. The van der Waals surface area contributed by atoms with Crippen molar-refractivity contribution in [2.24, 2.45) is 16.6 Å². The van der Waals surface area contributed by atoms with Crippen LogP contribution in [0.3, 0.4) is 0 Å². The number of fused-ring (bicyclic) bond motifs is 2. The molecule has 2 aliphatic carbocycles. The number of pyridine rings is 2. The minimum absolute atomic E-state index is 0. The molecule has 3 aliphatic heterocycles. The first kappa shape index (κ1) is 62.1. The summed E-state index contributed by atoms with van der Waals surface area (Å²) in [6.07, 6.45) is 17.4. The maximum Gasteiger partial charge on any atom is 0.498 e. The number of nitrogens with zero attached hydrogens (tertiary/aromatic N) is 12. The van der Waals surface area contributed by atoms with Gasteiger partial charge in [0, 0.05) is 61.7 Å². The molecule has 0 radical (unpaired) electrons. The van der Waals surface area contributed by atoms with E-state index in [1.807, 2.05) is 71.1 Å². The summed E-state index contributed by atoms with van der Waals surface area (Å²) < 4.78 is 22.0. The van der Waals surface area contributed by atoms with E-state index >= 15 is 0 Å². The number of alkyl carbamates (subject to hydrolysis) is 1. The third kappa shape index (κ3) is 12.2. The van der Waals surface area contributed by atoms with Crippen LogP contribution in [0.25, 0.3) is 22.4 Å². The van der Waals surface area contributed by atoms with Gasteiger partial charge in [-0.05, 0) is 140 Å². The molecule has 2 spiro atoms. The van der Waals surface area contributed by atoms with Gasteiger partial charge in [-0.3, -0.25) is 4.40 Å². The summed E-state index contributed by atoms with van der Waals surface area (Å²) in [5.41, 5.74) is 22.0. The second-order valence-corrected chi connectivity index (χ2v) is 25.3. The van der Waals surface area contributed by atoms with Crippen LogP contribution in [-0.4, -0.2) is 117 Å². The van der Waals surface area contributed by atoms with Crippen molar-refractivity contribution in [3.8, 4) is 11.1 Å². The molecule has 5 fully saturated rings. The van der Waals surface area contributed by atoms with Crippen LogP contribution >= 0.6 is 62.3 Å². The van der Waals surface area contributed by atoms with E-state index in [9.17, 15) is 4.79 Å². The molecule has 6 aromatic rings. The van der Waals surface area contributed by atoms with E-state index in [0.717, 1.165) is 117 Å². The summed E-state index contributed by atoms with van der Waals surface area (Å²) >= 11 is 28.4. The third-order valence-electron chi connectivity index (χ3n) is 16.6. The highest BCUT2D eigenvalue weighted by Gasteiger charge is 2.53. The van der Waals surface area contributed by atoms with Gasteiger partial charge in [-0.25, -0.2) is 29.1 Å². The Balaban J connectivity index is 0.000000175. The van der Waals surface area contributed by atoms with Crippen LogP contribution < -0.4 is 37.8 Å². The molecule has 0 bridgehead atoms. The van der Waals surface area contributed by atoms with Gasteiger partial charge < -0.3 is 46.4 Å². The van der Waals surface area contributed by atoms with Crippen molar-refractivity contribution >= 4 is 116 Å². The van der Waals surface area contributed by atoms with Gasteiger partial charge >= 0.3 is 13.2 Å². The van der Waals surface area contributed by atoms with Gasteiger partial charge in [0.05, 0.1) is 42.7 Å². The lowest BCUT2D eigenvalue weighted by atomic mass is 9.74. The highest BCUT2D eigenvalue weighted by atomic mass is 79.9. The lowest BCUT2D eigenvalue weighted by molar-refractivity contribution is 0.00578. The van der Waals surface area contributed by atoms with Crippen LogP contribution in [0.4, 0.5) is 28.3 Å². The largest absolute Gasteiger partial charge is 0.498 e. The van der Waals surface area contributed by atoms with Gasteiger partial charge in [0.1, 0.15) is 39.9 Å². The van der Waals surface area contributed by atoms with Crippen molar-refractivity contribution in [2.45, 2.75) is 170 Å². The number of aryl methyl sites for hydroxylation is 2. The summed E-state index contributed by atoms with van der Waals surface area (Å²) in [7, 11) is -0.590. The molecular formula is C53H76BBrCl4N16O4. The second kappa shape index (κ2) is 23.7. The number of nitrogens with one attached hydrogen (secondary N) is 1. The van der Waals surface area contributed by atoms with E-state index in [4.69, 9.17) is 87.6 Å². The Morgan fingerprint density at radius 1 is 0.734 bits per heavy atom. The maximum atomic E-state index is 12.3. The summed E-state index contributed by atoms with van der Waals surface area (Å²) in [5.74, 6) is 2.11. The summed E-state index contributed by atoms with van der Waals surface area (Å²) in [6.45, 7) is 21.1. The van der Waals surface area contributed by atoms with Crippen molar-refractivity contribution in [3.63, 3.8) is 0 Å². The van der Waals surface area contributed by atoms with Gasteiger partial charge in [0.25, 0.3) is 0 Å². The van der Waals surface area contributed by atoms with Crippen molar-refractivity contribution in [1.29, 1.82) is 0 Å². The topological polar surface area (TPSA) is 253 Å². The zero-order valence-electron chi connectivity index (χ0n) is 45.1. The van der Waals surface area contributed by atoms with Crippen LogP contribution in [0, 0.1) is 24.7 Å². The molecule has 430 valence electrons. The number of hydrogen-bond acceptors (Lipinski definition) is 17. The molecule has 3 saturated heterocycles. The molecule has 26 heteroatoms. The van der Waals surface area contributed by atoms with E-state index in [1.165, 1.54) is 19.0 Å². The van der Waals surface area contributed by atoms with Crippen LogP contribution in [0.1, 0.15) is 139 Å². The number of anilines is 4. The monoisotopic (exact) mass is 1230 g/mol. The van der Waals surface area contributed by atoms with E-state index in [2.05, 4.69) is 61.4 Å². The molecule has 2 saturated carbocycles. The number of ether oxygens (including phenoxy) is 1. The molecular weight excluding hydrogens is 1160 g/mol. The summed E-state index contributed by atoms with van der Waals surface area (Å²) in [5, 5.41) is 21.0. The number of aromatic nitrogens is 10. The lowest BCUT2D eigenvalue weighted by Gasteiger charge is -2.43. The van der Waals surface area contributed by atoms with Crippen molar-refractivity contribution < 1.29 is 18.8 Å². The average molecular weight is 1230 g/mol. The normalized spacial score (nSPS) is 20.8. The Hall–Kier alpha value is -4.55. The van der Waals surface area contributed by atoms with Crippen molar-refractivity contribution in [2.75, 3.05) is 47.4 Å². The Morgan fingerprint density at radius 3 is 1.78 bits per heavy atom. The molecule has 5 aliphatic rings. The number of amides is 1. The number of carbonyl (C=O) groups is 1.